The Morgan fingerprint density at radius 2 is 2.06 bits per heavy atom. The van der Waals surface area contributed by atoms with Gasteiger partial charge >= 0.3 is 0 Å². The lowest BCUT2D eigenvalue weighted by Gasteiger charge is -2.20. The van der Waals surface area contributed by atoms with Gasteiger partial charge in [-0.25, -0.2) is 0 Å². The second-order valence-electron chi connectivity index (χ2n) is 4.36. The monoisotopic (exact) mass is 217 g/mol. The highest BCUT2D eigenvalue weighted by Gasteiger charge is 2.10. The minimum Gasteiger partial charge on any atom is -0.380 e. The number of para-hydroxylation sites is 1. The van der Waals surface area contributed by atoms with E-state index in [1.165, 1.54) is 0 Å². The van der Waals surface area contributed by atoms with E-state index in [9.17, 15) is 0 Å². The van der Waals surface area contributed by atoms with Gasteiger partial charge in [-0.15, -0.1) is 0 Å². The molecule has 86 valence electrons. The highest BCUT2D eigenvalue weighted by Crippen LogP contribution is 2.16. The summed E-state index contributed by atoms with van der Waals surface area (Å²) in [5, 5.41) is 12.3. The van der Waals surface area contributed by atoms with Gasteiger partial charge in [0.1, 0.15) is 6.07 Å². The van der Waals surface area contributed by atoms with E-state index in [4.69, 9.17) is 11.0 Å². The van der Waals surface area contributed by atoms with E-state index in [-0.39, 0.29) is 6.04 Å². The van der Waals surface area contributed by atoms with Gasteiger partial charge in [0.2, 0.25) is 0 Å². The minimum absolute atomic E-state index is 0.231. The Hall–Kier alpha value is -1.53. The standard InChI is InChI=1S/C13H19N3/c1-10(2)7-12(9-15)16-13-6-4-3-5-11(13)8-14/h3-6,10,12,16H,7,9,15H2,1-2H3. The van der Waals surface area contributed by atoms with Crippen LogP contribution >= 0.6 is 0 Å². The number of rotatable bonds is 5. The average Bonchev–Trinajstić information content (AvgIpc) is 2.28. The lowest BCUT2D eigenvalue weighted by atomic mass is 10.0. The van der Waals surface area contributed by atoms with Gasteiger partial charge in [-0.1, -0.05) is 26.0 Å². The second-order valence-corrected chi connectivity index (χ2v) is 4.36. The van der Waals surface area contributed by atoms with Crippen molar-refractivity contribution < 1.29 is 0 Å². The largest absolute Gasteiger partial charge is 0.380 e. The number of benzene rings is 1. The Kier molecular flexibility index (Phi) is 4.81. The van der Waals surface area contributed by atoms with Crippen LogP contribution in [0, 0.1) is 17.2 Å². The van der Waals surface area contributed by atoms with Gasteiger partial charge in [-0.3, -0.25) is 0 Å². The molecule has 1 atom stereocenters. The van der Waals surface area contributed by atoms with Gasteiger partial charge in [0.15, 0.2) is 0 Å². The molecule has 3 N–H and O–H groups in total. The fourth-order valence-corrected chi connectivity index (χ4v) is 1.71. The number of hydrogen-bond acceptors (Lipinski definition) is 3. The number of anilines is 1. The summed E-state index contributed by atoms with van der Waals surface area (Å²) in [5.74, 6) is 0.593. The highest BCUT2D eigenvalue weighted by molar-refractivity contribution is 5.57. The molecule has 0 spiro atoms. The topological polar surface area (TPSA) is 61.8 Å². The van der Waals surface area contributed by atoms with Crippen molar-refractivity contribution in [1.82, 2.24) is 0 Å². The normalized spacial score (nSPS) is 12.2. The van der Waals surface area contributed by atoms with E-state index in [2.05, 4.69) is 25.2 Å². The summed E-state index contributed by atoms with van der Waals surface area (Å²) in [6, 6.07) is 9.92. The van der Waals surface area contributed by atoms with Crippen molar-refractivity contribution in [3.8, 4) is 6.07 Å². The summed E-state index contributed by atoms with van der Waals surface area (Å²) in [4.78, 5) is 0. The molecule has 0 aromatic heterocycles. The molecule has 0 amide bonds. The Morgan fingerprint density at radius 3 is 2.62 bits per heavy atom. The number of nitrogens with two attached hydrogens (primary N) is 1. The van der Waals surface area contributed by atoms with Crippen molar-refractivity contribution in [3.63, 3.8) is 0 Å². The number of nitrogens with zero attached hydrogens (tertiary/aromatic N) is 1. The van der Waals surface area contributed by atoms with E-state index in [1.807, 2.05) is 24.3 Å². The van der Waals surface area contributed by atoms with Crippen LogP contribution in [0.4, 0.5) is 5.69 Å². The first-order chi connectivity index (χ1) is 7.67. The Bertz CT molecular complexity index is 366. The zero-order valence-electron chi connectivity index (χ0n) is 9.90. The molecular formula is C13H19N3. The van der Waals surface area contributed by atoms with Gasteiger partial charge in [0, 0.05) is 12.6 Å². The molecule has 0 fully saturated rings. The summed E-state index contributed by atoms with van der Waals surface area (Å²) >= 11 is 0. The van der Waals surface area contributed by atoms with Crippen molar-refractivity contribution in [1.29, 1.82) is 5.26 Å². The third-order valence-electron chi connectivity index (χ3n) is 2.45. The fourth-order valence-electron chi connectivity index (χ4n) is 1.71. The molecule has 1 aromatic carbocycles. The van der Waals surface area contributed by atoms with Gasteiger partial charge < -0.3 is 11.1 Å². The molecule has 1 unspecified atom stereocenters. The summed E-state index contributed by atoms with van der Waals surface area (Å²) in [5.41, 5.74) is 7.26. The minimum atomic E-state index is 0.231. The molecule has 0 aliphatic carbocycles. The number of hydrogen-bond donors (Lipinski definition) is 2. The summed E-state index contributed by atoms with van der Waals surface area (Å²) in [6.45, 7) is 4.92. The van der Waals surface area contributed by atoms with E-state index in [0.717, 1.165) is 12.1 Å². The second kappa shape index (κ2) is 6.14. The van der Waals surface area contributed by atoms with Crippen LogP contribution in [0.5, 0.6) is 0 Å². The predicted octanol–water partition coefficient (Wildman–Crippen LogP) is 2.34. The molecule has 3 heteroatoms. The van der Waals surface area contributed by atoms with Crippen molar-refractivity contribution in [2.24, 2.45) is 11.7 Å². The SMILES string of the molecule is CC(C)CC(CN)Nc1ccccc1C#N. The zero-order chi connectivity index (χ0) is 12.0. The van der Waals surface area contributed by atoms with Crippen molar-refractivity contribution >= 4 is 5.69 Å². The van der Waals surface area contributed by atoms with Crippen molar-refractivity contribution in [2.75, 3.05) is 11.9 Å². The summed E-state index contributed by atoms with van der Waals surface area (Å²) < 4.78 is 0. The first-order valence-corrected chi connectivity index (χ1v) is 5.63. The van der Waals surface area contributed by atoms with Crippen LogP contribution in [-0.4, -0.2) is 12.6 Å². The molecule has 0 radical (unpaired) electrons. The zero-order valence-corrected chi connectivity index (χ0v) is 9.90. The van der Waals surface area contributed by atoms with E-state index < -0.39 is 0 Å². The maximum Gasteiger partial charge on any atom is 0.101 e. The van der Waals surface area contributed by atoms with E-state index in [0.29, 0.717) is 18.0 Å². The Morgan fingerprint density at radius 1 is 1.38 bits per heavy atom. The Labute approximate surface area is 97.3 Å². The average molecular weight is 217 g/mol. The van der Waals surface area contributed by atoms with Crippen molar-refractivity contribution in [2.45, 2.75) is 26.3 Å². The fraction of sp³-hybridized carbons (Fsp3) is 0.462. The van der Waals surface area contributed by atoms with E-state index >= 15 is 0 Å². The maximum atomic E-state index is 8.96. The predicted molar refractivity (Wildman–Crippen MR) is 67.1 cm³/mol. The molecule has 16 heavy (non-hydrogen) atoms. The molecule has 0 aliphatic heterocycles. The van der Waals surface area contributed by atoms with E-state index in [1.54, 1.807) is 0 Å². The number of nitriles is 1. The molecule has 0 saturated heterocycles. The lowest BCUT2D eigenvalue weighted by Crippen LogP contribution is -2.30. The number of nitrogens with one attached hydrogen (secondary N) is 1. The van der Waals surface area contributed by atoms with Crippen molar-refractivity contribution in [3.05, 3.63) is 29.8 Å². The van der Waals surface area contributed by atoms with Gasteiger partial charge in [0.05, 0.1) is 11.3 Å². The summed E-state index contributed by atoms with van der Waals surface area (Å²) in [7, 11) is 0. The van der Waals surface area contributed by atoms with Gasteiger partial charge in [-0.2, -0.15) is 5.26 Å². The van der Waals surface area contributed by atoms with Crippen LogP contribution in [0.15, 0.2) is 24.3 Å². The molecule has 1 rings (SSSR count). The van der Waals surface area contributed by atoms with Crippen LogP contribution in [0.25, 0.3) is 0 Å². The van der Waals surface area contributed by atoms with Crippen LogP contribution in [0.2, 0.25) is 0 Å². The highest BCUT2D eigenvalue weighted by atomic mass is 14.9. The molecule has 3 nitrogen and oxygen atoms in total. The lowest BCUT2D eigenvalue weighted by molar-refractivity contribution is 0.522. The first-order valence-electron chi connectivity index (χ1n) is 5.63. The van der Waals surface area contributed by atoms with Crippen LogP contribution in [0.3, 0.4) is 0 Å². The van der Waals surface area contributed by atoms with Crippen LogP contribution < -0.4 is 11.1 Å². The van der Waals surface area contributed by atoms with Crippen LogP contribution in [0.1, 0.15) is 25.8 Å². The molecule has 0 heterocycles. The van der Waals surface area contributed by atoms with Crippen LogP contribution in [-0.2, 0) is 0 Å². The quantitative estimate of drug-likeness (QED) is 0.795. The molecule has 0 saturated carbocycles. The molecular weight excluding hydrogens is 198 g/mol. The first kappa shape index (κ1) is 12.5. The van der Waals surface area contributed by atoms with Gasteiger partial charge in [-0.05, 0) is 24.5 Å². The molecule has 1 aromatic rings. The summed E-state index contributed by atoms with van der Waals surface area (Å²) in [6.07, 6.45) is 1.01. The smallest absolute Gasteiger partial charge is 0.101 e. The molecule has 0 bridgehead atoms. The van der Waals surface area contributed by atoms with Gasteiger partial charge in [0.25, 0.3) is 0 Å². The Balaban J connectivity index is 2.74. The third kappa shape index (κ3) is 3.56. The molecule has 0 aliphatic rings. The maximum absolute atomic E-state index is 8.96. The third-order valence-corrected chi connectivity index (χ3v) is 2.45.